The SMILES string of the molecule is Cc1ccccc1NC(=O)C(c1ccc(O)cc1)N(CC#N)C(=O)C(CC(C)C)NC(=O)OC(C)(C)C. The number of nitrogens with one attached hydrogen (secondary N) is 2. The summed E-state index contributed by atoms with van der Waals surface area (Å²) in [5, 5.41) is 24.9. The van der Waals surface area contributed by atoms with E-state index in [2.05, 4.69) is 10.6 Å². The highest BCUT2D eigenvalue weighted by Gasteiger charge is 2.36. The average molecular weight is 509 g/mol. The quantitative estimate of drug-likeness (QED) is 0.422. The van der Waals surface area contributed by atoms with Crippen molar-refractivity contribution in [3.8, 4) is 11.8 Å². The summed E-state index contributed by atoms with van der Waals surface area (Å²) in [6.07, 6.45) is -0.504. The van der Waals surface area contributed by atoms with Gasteiger partial charge in [0.2, 0.25) is 5.91 Å². The highest BCUT2D eigenvalue weighted by Crippen LogP contribution is 2.27. The van der Waals surface area contributed by atoms with Crippen LogP contribution in [-0.4, -0.2) is 46.1 Å². The summed E-state index contributed by atoms with van der Waals surface area (Å²) in [4.78, 5) is 41.2. The minimum atomic E-state index is -1.21. The molecule has 2 unspecified atom stereocenters. The van der Waals surface area contributed by atoms with Crippen molar-refractivity contribution < 1.29 is 24.2 Å². The predicted molar refractivity (Wildman–Crippen MR) is 141 cm³/mol. The van der Waals surface area contributed by atoms with Crippen molar-refractivity contribution in [2.24, 2.45) is 5.92 Å². The van der Waals surface area contributed by atoms with E-state index in [-0.39, 0.29) is 18.1 Å². The van der Waals surface area contributed by atoms with Crippen molar-refractivity contribution in [2.75, 3.05) is 11.9 Å². The molecular formula is C28H36N4O5. The van der Waals surface area contributed by atoms with Gasteiger partial charge in [-0.1, -0.05) is 44.2 Å². The Balaban J connectivity index is 2.50. The van der Waals surface area contributed by atoms with Crippen LogP contribution in [0.2, 0.25) is 0 Å². The van der Waals surface area contributed by atoms with Crippen LogP contribution in [0.4, 0.5) is 10.5 Å². The number of phenols is 1. The summed E-state index contributed by atoms with van der Waals surface area (Å²) in [5.74, 6) is -1.13. The van der Waals surface area contributed by atoms with Crippen LogP contribution in [0.15, 0.2) is 48.5 Å². The van der Waals surface area contributed by atoms with Crippen molar-refractivity contribution in [2.45, 2.75) is 65.6 Å². The first-order valence-corrected chi connectivity index (χ1v) is 12.1. The molecule has 198 valence electrons. The minimum Gasteiger partial charge on any atom is -0.508 e. The third kappa shape index (κ3) is 8.83. The lowest BCUT2D eigenvalue weighted by atomic mass is 9.99. The van der Waals surface area contributed by atoms with Crippen molar-refractivity contribution >= 4 is 23.6 Å². The fourth-order valence-electron chi connectivity index (χ4n) is 3.76. The monoisotopic (exact) mass is 508 g/mol. The molecule has 3 amide bonds. The molecule has 0 saturated heterocycles. The lowest BCUT2D eigenvalue weighted by Gasteiger charge is -2.33. The molecule has 9 heteroatoms. The van der Waals surface area contributed by atoms with Gasteiger partial charge in [-0.05, 0) is 69.4 Å². The highest BCUT2D eigenvalue weighted by atomic mass is 16.6. The molecule has 0 aliphatic carbocycles. The number of aromatic hydroxyl groups is 1. The highest BCUT2D eigenvalue weighted by molar-refractivity contribution is 5.99. The van der Waals surface area contributed by atoms with Gasteiger partial charge in [-0.2, -0.15) is 5.26 Å². The van der Waals surface area contributed by atoms with Crippen LogP contribution >= 0.6 is 0 Å². The Morgan fingerprint density at radius 1 is 1.08 bits per heavy atom. The van der Waals surface area contributed by atoms with E-state index in [1.807, 2.05) is 39.0 Å². The Morgan fingerprint density at radius 3 is 2.24 bits per heavy atom. The van der Waals surface area contributed by atoms with Crippen LogP contribution in [0, 0.1) is 24.2 Å². The van der Waals surface area contributed by atoms with E-state index in [1.165, 1.54) is 24.3 Å². The zero-order valence-corrected chi connectivity index (χ0v) is 22.2. The molecule has 2 aromatic carbocycles. The number of nitrogens with zero attached hydrogens (tertiary/aromatic N) is 2. The molecule has 3 N–H and O–H groups in total. The van der Waals surface area contributed by atoms with Crippen LogP contribution in [0.1, 0.15) is 58.2 Å². The molecule has 0 saturated carbocycles. The molecule has 2 aromatic rings. The number of carbonyl (C=O) groups is 3. The molecule has 0 aromatic heterocycles. The summed E-state index contributed by atoms with van der Waals surface area (Å²) in [6, 6.07) is 12.8. The van der Waals surface area contributed by atoms with Gasteiger partial charge in [0, 0.05) is 5.69 Å². The molecule has 0 aliphatic heterocycles. The number of aryl methyl sites for hydroxylation is 1. The van der Waals surface area contributed by atoms with Crippen molar-refractivity contribution in [1.29, 1.82) is 5.26 Å². The lowest BCUT2D eigenvalue weighted by Crippen LogP contribution is -2.53. The van der Waals surface area contributed by atoms with Crippen LogP contribution in [-0.2, 0) is 14.3 Å². The maximum Gasteiger partial charge on any atom is 0.408 e. The van der Waals surface area contributed by atoms with Crippen molar-refractivity contribution in [3.05, 3.63) is 59.7 Å². The molecule has 0 spiro atoms. The van der Waals surface area contributed by atoms with Gasteiger partial charge in [0.15, 0.2) is 0 Å². The number of amides is 3. The molecule has 0 heterocycles. The number of hydrogen-bond acceptors (Lipinski definition) is 6. The first-order valence-electron chi connectivity index (χ1n) is 12.1. The van der Waals surface area contributed by atoms with E-state index in [0.29, 0.717) is 11.3 Å². The van der Waals surface area contributed by atoms with Crippen molar-refractivity contribution in [1.82, 2.24) is 10.2 Å². The molecule has 2 rings (SSSR count). The predicted octanol–water partition coefficient (Wildman–Crippen LogP) is 4.67. The number of carbonyl (C=O) groups excluding carboxylic acids is 3. The normalized spacial score (nSPS) is 12.7. The molecule has 2 atom stereocenters. The van der Waals surface area contributed by atoms with E-state index in [9.17, 15) is 24.8 Å². The first kappa shape index (κ1) is 29.2. The van der Waals surface area contributed by atoms with Crippen LogP contribution < -0.4 is 10.6 Å². The van der Waals surface area contributed by atoms with E-state index < -0.39 is 42.1 Å². The second kappa shape index (κ2) is 12.8. The Morgan fingerprint density at radius 2 is 1.70 bits per heavy atom. The molecule has 0 fully saturated rings. The first-order chi connectivity index (χ1) is 17.3. The molecule has 0 bridgehead atoms. The topological polar surface area (TPSA) is 132 Å². The van der Waals surface area contributed by atoms with Crippen molar-refractivity contribution in [3.63, 3.8) is 0 Å². The second-order valence-corrected chi connectivity index (χ2v) is 10.3. The third-order valence-corrected chi connectivity index (χ3v) is 5.39. The fourth-order valence-corrected chi connectivity index (χ4v) is 3.76. The summed E-state index contributed by atoms with van der Waals surface area (Å²) < 4.78 is 5.34. The molecule has 9 nitrogen and oxygen atoms in total. The largest absolute Gasteiger partial charge is 0.508 e. The molecular weight excluding hydrogens is 472 g/mol. The number of phenolic OH excluding ortho intramolecular Hbond substituents is 1. The van der Waals surface area contributed by atoms with Gasteiger partial charge in [0.05, 0.1) is 6.07 Å². The van der Waals surface area contributed by atoms with E-state index >= 15 is 0 Å². The molecule has 0 aliphatic rings. The zero-order chi connectivity index (χ0) is 27.8. The van der Waals surface area contributed by atoms with Crippen LogP contribution in [0.3, 0.4) is 0 Å². The summed E-state index contributed by atoms with van der Waals surface area (Å²) in [6.45, 7) is 10.4. The van der Waals surface area contributed by atoms with Gasteiger partial charge in [-0.25, -0.2) is 4.79 Å². The standard InChI is InChI=1S/C28H36N4O5/c1-18(2)17-23(31-27(36)37-28(4,5)6)26(35)32(16-15-29)24(20-11-13-21(33)14-12-20)25(34)30-22-10-8-7-9-19(22)3/h7-14,18,23-24,33H,16-17H2,1-6H3,(H,30,34)(H,31,36). The lowest BCUT2D eigenvalue weighted by molar-refractivity contribution is -0.140. The number of benzene rings is 2. The van der Waals surface area contributed by atoms with Gasteiger partial charge >= 0.3 is 6.09 Å². The van der Waals surface area contributed by atoms with E-state index in [0.717, 1.165) is 10.5 Å². The minimum absolute atomic E-state index is 0.00996. The second-order valence-electron chi connectivity index (χ2n) is 10.3. The Bertz CT molecular complexity index is 1130. The zero-order valence-electron chi connectivity index (χ0n) is 22.2. The Kier molecular flexibility index (Phi) is 10.1. The van der Waals surface area contributed by atoms with E-state index in [1.54, 1.807) is 32.9 Å². The number of nitriles is 1. The number of ether oxygens (including phenoxy) is 1. The van der Waals surface area contributed by atoms with Gasteiger partial charge in [-0.3, -0.25) is 9.59 Å². The van der Waals surface area contributed by atoms with Gasteiger partial charge in [0.25, 0.3) is 5.91 Å². The summed E-state index contributed by atoms with van der Waals surface area (Å²) in [5.41, 5.74) is 1.01. The number of hydrogen-bond donors (Lipinski definition) is 3. The summed E-state index contributed by atoms with van der Waals surface area (Å²) in [7, 11) is 0. The maximum absolute atomic E-state index is 13.9. The van der Waals surface area contributed by atoms with Gasteiger partial charge in [-0.15, -0.1) is 0 Å². The van der Waals surface area contributed by atoms with Crippen LogP contribution in [0.25, 0.3) is 0 Å². The van der Waals surface area contributed by atoms with Gasteiger partial charge in [0.1, 0.15) is 30.0 Å². The number of alkyl carbamates (subject to hydrolysis) is 1. The maximum atomic E-state index is 13.9. The number of rotatable bonds is 9. The van der Waals surface area contributed by atoms with Gasteiger partial charge < -0.3 is 25.4 Å². The third-order valence-electron chi connectivity index (χ3n) is 5.39. The number of anilines is 1. The average Bonchev–Trinajstić information content (AvgIpc) is 2.79. The Labute approximate surface area is 218 Å². The van der Waals surface area contributed by atoms with E-state index in [4.69, 9.17) is 4.74 Å². The smallest absolute Gasteiger partial charge is 0.408 e. The molecule has 37 heavy (non-hydrogen) atoms. The fraction of sp³-hybridized carbons (Fsp3) is 0.429. The summed E-state index contributed by atoms with van der Waals surface area (Å²) >= 11 is 0. The number of para-hydroxylation sites is 1. The molecule has 0 radical (unpaired) electrons. The van der Waals surface area contributed by atoms with Crippen LogP contribution in [0.5, 0.6) is 5.75 Å². The Hall–Kier alpha value is -4.06.